The van der Waals surface area contributed by atoms with E-state index in [9.17, 15) is 19.5 Å². The molecule has 0 aromatic carbocycles. The topological polar surface area (TPSA) is 104 Å². The maximum Gasteiger partial charge on any atom is 0.320 e. The minimum Gasteiger partial charge on any atom is -0.481 e. The number of likely N-dealkylation sites (tertiary alicyclic amines) is 1. The number of nitrogens with two attached hydrogens (primary N) is 1. The molecule has 3 aliphatic heterocycles. The molecule has 2 bridgehead atoms. The first kappa shape index (κ1) is 14.2. The van der Waals surface area contributed by atoms with Crippen LogP contribution in [0.1, 0.15) is 32.1 Å². The Morgan fingerprint density at radius 3 is 2.24 bits per heavy atom. The first-order chi connectivity index (χ1) is 9.99. The lowest BCUT2D eigenvalue weighted by Gasteiger charge is -2.35. The van der Waals surface area contributed by atoms with Crippen molar-refractivity contribution in [2.45, 2.75) is 44.2 Å². The lowest BCUT2D eigenvalue weighted by atomic mass is 9.89. The molecule has 21 heavy (non-hydrogen) atoms. The fourth-order valence-electron chi connectivity index (χ4n) is 4.07. The normalized spacial score (nSPS) is 32.5. The summed E-state index contributed by atoms with van der Waals surface area (Å²) >= 11 is 0. The van der Waals surface area contributed by atoms with E-state index in [0.717, 1.165) is 12.8 Å². The van der Waals surface area contributed by atoms with Crippen molar-refractivity contribution >= 4 is 17.9 Å². The van der Waals surface area contributed by atoms with Gasteiger partial charge in [0, 0.05) is 31.1 Å². The number of hydrogen-bond donors (Lipinski definition) is 2. The van der Waals surface area contributed by atoms with Gasteiger partial charge in [0.05, 0.1) is 5.92 Å². The molecule has 3 amide bonds. The zero-order valence-corrected chi connectivity index (χ0v) is 11.9. The summed E-state index contributed by atoms with van der Waals surface area (Å²) in [6, 6.07) is -0.152. The Kier molecular flexibility index (Phi) is 3.51. The summed E-state index contributed by atoms with van der Waals surface area (Å²) in [6.07, 6.45) is 3.46. The van der Waals surface area contributed by atoms with Crippen LogP contribution in [0.3, 0.4) is 0 Å². The number of urea groups is 1. The minimum absolute atomic E-state index is 0.0610. The van der Waals surface area contributed by atoms with Crippen molar-refractivity contribution < 1.29 is 19.5 Å². The van der Waals surface area contributed by atoms with Crippen LogP contribution >= 0.6 is 0 Å². The third-order valence-electron chi connectivity index (χ3n) is 5.24. The maximum atomic E-state index is 12.6. The third kappa shape index (κ3) is 2.34. The summed E-state index contributed by atoms with van der Waals surface area (Å²) in [5.74, 6) is -1.66. The highest BCUT2D eigenvalue weighted by Gasteiger charge is 2.52. The quantitative estimate of drug-likeness (QED) is 0.761. The molecule has 116 valence electrons. The standard InChI is InChI=1S/C14H21N3O4/c15-12(18)8-3-5-16(6-4-8)14(21)17-9-1-2-11(17)10(7-9)13(19)20/h8-11H,1-7H2,(H2,15,18)(H,19,20). The van der Waals surface area contributed by atoms with Crippen molar-refractivity contribution in [1.82, 2.24) is 9.80 Å². The second kappa shape index (κ2) is 5.20. The van der Waals surface area contributed by atoms with Crippen LogP contribution in [0.5, 0.6) is 0 Å². The SMILES string of the molecule is NC(=O)C1CCN(C(=O)N2C3CCC2C(C(=O)O)C3)CC1. The van der Waals surface area contributed by atoms with Gasteiger partial charge in [0.25, 0.3) is 0 Å². The predicted molar refractivity (Wildman–Crippen MR) is 73.3 cm³/mol. The summed E-state index contributed by atoms with van der Waals surface area (Å²) in [5.41, 5.74) is 5.30. The molecule has 0 aliphatic carbocycles. The van der Waals surface area contributed by atoms with Crippen LogP contribution in [0, 0.1) is 11.8 Å². The second-order valence-corrected chi connectivity index (χ2v) is 6.33. The van der Waals surface area contributed by atoms with Gasteiger partial charge >= 0.3 is 12.0 Å². The molecule has 0 aromatic heterocycles. The highest BCUT2D eigenvalue weighted by Crippen LogP contribution is 2.42. The van der Waals surface area contributed by atoms with Gasteiger partial charge in [0.1, 0.15) is 0 Å². The number of primary amides is 1. The fourth-order valence-corrected chi connectivity index (χ4v) is 4.07. The first-order valence-corrected chi connectivity index (χ1v) is 7.58. The molecule has 3 fully saturated rings. The number of hydrogen-bond acceptors (Lipinski definition) is 3. The highest BCUT2D eigenvalue weighted by atomic mass is 16.4. The molecule has 3 rings (SSSR count). The molecule has 3 unspecified atom stereocenters. The summed E-state index contributed by atoms with van der Waals surface area (Å²) in [4.78, 5) is 38.6. The molecular weight excluding hydrogens is 274 g/mol. The van der Waals surface area contributed by atoms with Crippen LogP contribution in [0.25, 0.3) is 0 Å². The number of nitrogens with zero attached hydrogens (tertiary/aromatic N) is 2. The van der Waals surface area contributed by atoms with Crippen LogP contribution < -0.4 is 5.73 Å². The van der Waals surface area contributed by atoms with E-state index in [1.807, 2.05) is 0 Å². The van der Waals surface area contributed by atoms with Crippen molar-refractivity contribution in [2.24, 2.45) is 17.6 Å². The van der Waals surface area contributed by atoms with E-state index in [4.69, 9.17) is 5.73 Å². The number of carbonyl (C=O) groups excluding carboxylic acids is 2. The monoisotopic (exact) mass is 295 g/mol. The number of aliphatic carboxylic acids is 1. The summed E-state index contributed by atoms with van der Waals surface area (Å²) in [5, 5.41) is 9.24. The van der Waals surface area contributed by atoms with E-state index in [1.54, 1.807) is 9.80 Å². The molecule has 0 spiro atoms. The van der Waals surface area contributed by atoms with Crippen molar-refractivity contribution in [1.29, 1.82) is 0 Å². The van der Waals surface area contributed by atoms with Crippen molar-refractivity contribution in [3.8, 4) is 0 Å². The molecule has 3 N–H and O–H groups in total. The third-order valence-corrected chi connectivity index (χ3v) is 5.24. The van der Waals surface area contributed by atoms with Crippen molar-refractivity contribution in [3.05, 3.63) is 0 Å². The summed E-state index contributed by atoms with van der Waals surface area (Å²) in [7, 11) is 0. The Hall–Kier alpha value is -1.79. The van der Waals surface area contributed by atoms with Crippen LogP contribution in [-0.2, 0) is 9.59 Å². The minimum atomic E-state index is -0.799. The number of fused-ring (bicyclic) bond motifs is 2. The largest absolute Gasteiger partial charge is 0.481 e. The van der Waals surface area contributed by atoms with Crippen LogP contribution in [-0.4, -0.2) is 58.0 Å². The van der Waals surface area contributed by atoms with Crippen LogP contribution in [0.4, 0.5) is 4.79 Å². The number of carboxylic acid groups (broad SMARTS) is 1. The van der Waals surface area contributed by atoms with Gasteiger partial charge < -0.3 is 20.6 Å². The molecule has 3 heterocycles. The van der Waals surface area contributed by atoms with Gasteiger partial charge in [-0.3, -0.25) is 9.59 Å². The van der Waals surface area contributed by atoms with Gasteiger partial charge in [-0.15, -0.1) is 0 Å². The molecule has 3 saturated heterocycles. The number of piperidine rings is 1. The van der Waals surface area contributed by atoms with Gasteiger partial charge in [-0.1, -0.05) is 0 Å². The number of amides is 3. The number of rotatable bonds is 2. The Bertz CT molecular complexity index is 473. The molecule has 0 aromatic rings. The van der Waals surface area contributed by atoms with Gasteiger partial charge in [-0.25, -0.2) is 4.79 Å². The Morgan fingerprint density at radius 2 is 1.71 bits per heavy atom. The predicted octanol–water partition coefficient (Wildman–Crippen LogP) is 0.241. The molecule has 7 nitrogen and oxygen atoms in total. The van der Waals surface area contributed by atoms with E-state index in [1.165, 1.54) is 0 Å². The molecule has 0 radical (unpaired) electrons. The smallest absolute Gasteiger partial charge is 0.320 e. The van der Waals surface area contributed by atoms with Gasteiger partial charge in [0.2, 0.25) is 5.91 Å². The van der Waals surface area contributed by atoms with E-state index in [-0.39, 0.29) is 29.9 Å². The van der Waals surface area contributed by atoms with Crippen molar-refractivity contribution in [3.63, 3.8) is 0 Å². The van der Waals surface area contributed by atoms with Crippen LogP contribution in [0.15, 0.2) is 0 Å². The van der Waals surface area contributed by atoms with Gasteiger partial charge in [-0.05, 0) is 32.1 Å². The lowest BCUT2D eigenvalue weighted by molar-refractivity contribution is -0.142. The van der Waals surface area contributed by atoms with Crippen molar-refractivity contribution in [2.75, 3.05) is 13.1 Å². The molecule has 7 heteroatoms. The first-order valence-electron chi connectivity index (χ1n) is 7.58. The maximum absolute atomic E-state index is 12.6. The second-order valence-electron chi connectivity index (χ2n) is 6.33. The Morgan fingerprint density at radius 1 is 1.05 bits per heavy atom. The summed E-state index contributed by atoms with van der Waals surface area (Å²) < 4.78 is 0. The average Bonchev–Trinajstić information content (AvgIpc) is 3.04. The number of carbonyl (C=O) groups is 3. The number of carboxylic acids is 1. The van der Waals surface area contributed by atoms with E-state index < -0.39 is 11.9 Å². The zero-order chi connectivity index (χ0) is 15.1. The van der Waals surface area contributed by atoms with Crippen LogP contribution in [0.2, 0.25) is 0 Å². The lowest BCUT2D eigenvalue weighted by Crippen LogP contribution is -2.50. The summed E-state index contributed by atoms with van der Waals surface area (Å²) in [6.45, 7) is 1.06. The fraction of sp³-hybridized carbons (Fsp3) is 0.786. The molecular formula is C14H21N3O4. The molecule has 0 saturated carbocycles. The van der Waals surface area contributed by atoms with E-state index in [0.29, 0.717) is 32.4 Å². The molecule has 3 atom stereocenters. The Balaban J connectivity index is 1.64. The average molecular weight is 295 g/mol. The van der Waals surface area contributed by atoms with Gasteiger partial charge in [0.15, 0.2) is 0 Å². The van der Waals surface area contributed by atoms with Gasteiger partial charge in [-0.2, -0.15) is 0 Å². The van der Waals surface area contributed by atoms with E-state index >= 15 is 0 Å². The Labute approximate surface area is 123 Å². The highest BCUT2D eigenvalue weighted by molar-refractivity contribution is 5.80. The van der Waals surface area contributed by atoms with E-state index in [2.05, 4.69) is 0 Å². The zero-order valence-electron chi connectivity index (χ0n) is 11.9. The molecule has 3 aliphatic rings.